The molecule has 0 saturated carbocycles. The maximum Gasteiger partial charge on any atom is 0.224 e. The van der Waals surface area contributed by atoms with Gasteiger partial charge < -0.3 is 14.8 Å². The largest absolute Gasteiger partial charge is 0.497 e. The third kappa shape index (κ3) is 6.33. The molecule has 0 aliphatic carbocycles. The van der Waals surface area contributed by atoms with Crippen molar-refractivity contribution in [3.8, 4) is 11.5 Å². The first-order valence-electron chi connectivity index (χ1n) is 11.5. The van der Waals surface area contributed by atoms with Gasteiger partial charge in [-0.15, -0.1) is 0 Å². The fraction of sp³-hybridized carbons (Fsp3) is 0.333. The van der Waals surface area contributed by atoms with E-state index in [0.29, 0.717) is 6.61 Å². The molecule has 0 bridgehead atoms. The topological polar surface area (TPSA) is 63.7 Å². The molecule has 1 aliphatic rings. The molecule has 1 fully saturated rings. The summed E-state index contributed by atoms with van der Waals surface area (Å²) in [6.45, 7) is 3.31. The molecular formula is C27H31N3O3. The van der Waals surface area contributed by atoms with Crippen molar-refractivity contribution in [3.63, 3.8) is 0 Å². The number of methoxy groups -OCH3 is 1. The minimum atomic E-state index is -0.290. The molecule has 3 aromatic rings. The van der Waals surface area contributed by atoms with Crippen LogP contribution >= 0.6 is 0 Å². The minimum absolute atomic E-state index is 0.000697. The Morgan fingerprint density at radius 1 is 1.00 bits per heavy atom. The fourth-order valence-electron chi connectivity index (χ4n) is 4.16. The number of piperidine rings is 1. The van der Waals surface area contributed by atoms with E-state index in [0.717, 1.165) is 55.2 Å². The van der Waals surface area contributed by atoms with Gasteiger partial charge in [0.05, 0.1) is 18.8 Å². The molecule has 1 unspecified atom stereocenters. The lowest BCUT2D eigenvalue weighted by Gasteiger charge is -2.32. The van der Waals surface area contributed by atoms with Crippen molar-refractivity contribution in [2.45, 2.75) is 18.9 Å². The van der Waals surface area contributed by atoms with Crippen LogP contribution in [-0.4, -0.2) is 49.1 Å². The van der Waals surface area contributed by atoms with E-state index in [-0.39, 0.29) is 17.9 Å². The lowest BCUT2D eigenvalue weighted by atomic mass is 9.94. The maximum atomic E-state index is 13.2. The van der Waals surface area contributed by atoms with E-state index in [1.165, 1.54) is 0 Å². The Hall–Kier alpha value is -3.38. The molecule has 6 nitrogen and oxygen atoms in total. The number of carbonyl (C=O) groups is 1. The molecule has 1 atom stereocenters. The first-order valence-corrected chi connectivity index (χ1v) is 11.5. The van der Waals surface area contributed by atoms with Gasteiger partial charge in [-0.2, -0.15) is 0 Å². The van der Waals surface area contributed by atoms with Crippen LogP contribution in [0, 0.1) is 5.92 Å². The smallest absolute Gasteiger partial charge is 0.224 e. The lowest BCUT2D eigenvalue weighted by molar-refractivity contribution is -0.127. The van der Waals surface area contributed by atoms with Crippen LogP contribution in [0.5, 0.6) is 11.5 Å². The van der Waals surface area contributed by atoms with Crippen molar-refractivity contribution < 1.29 is 14.3 Å². The van der Waals surface area contributed by atoms with Crippen molar-refractivity contribution in [3.05, 3.63) is 90.3 Å². The number of para-hydroxylation sites is 1. The summed E-state index contributed by atoms with van der Waals surface area (Å²) in [5.41, 5.74) is 1.81. The standard InChI is InChI=1S/C27H31N3O3/c1-32-23-12-10-21(11-13-23)26(25-9-5-6-16-28-25)29-27(31)22-14-17-30(18-15-22)19-20-33-24-7-3-2-4-8-24/h2-13,16,22,26H,14-15,17-20H2,1H3,(H,29,31). The summed E-state index contributed by atoms with van der Waals surface area (Å²) in [6, 6.07) is 23.1. The van der Waals surface area contributed by atoms with Crippen LogP contribution < -0.4 is 14.8 Å². The Balaban J connectivity index is 1.32. The summed E-state index contributed by atoms with van der Waals surface area (Å²) in [7, 11) is 1.65. The van der Waals surface area contributed by atoms with Gasteiger partial charge in [-0.05, 0) is 67.9 Å². The number of likely N-dealkylation sites (tertiary alicyclic amines) is 1. The first kappa shape index (κ1) is 22.8. The molecule has 33 heavy (non-hydrogen) atoms. The van der Waals surface area contributed by atoms with E-state index in [2.05, 4.69) is 15.2 Å². The van der Waals surface area contributed by atoms with Gasteiger partial charge in [0.15, 0.2) is 0 Å². The van der Waals surface area contributed by atoms with E-state index >= 15 is 0 Å². The highest BCUT2D eigenvalue weighted by molar-refractivity contribution is 5.79. The normalized spacial score (nSPS) is 15.5. The second-order valence-electron chi connectivity index (χ2n) is 8.25. The van der Waals surface area contributed by atoms with Gasteiger partial charge in [-0.1, -0.05) is 36.4 Å². The average Bonchev–Trinajstić information content (AvgIpc) is 2.89. The van der Waals surface area contributed by atoms with E-state index < -0.39 is 0 Å². The lowest BCUT2D eigenvalue weighted by Crippen LogP contribution is -2.42. The molecule has 0 spiro atoms. The van der Waals surface area contributed by atoms with E-state index in [9.17, 15) is 4.79 Å². The Bertz CT molecular complexity index is 988. The molecule has 2 heterocycles. The number of amides is 1. The number of carbonyl (C=O) groups excluding carboxylic acids is 1. The minimum Gasteiger partial charge on any atom is -0.497 e. The molecule has 1 aliphatic heterocycles. The quantitative estimate of drug-likeness (QED) is 0.538. The molecule has 2 aromatic carbocycles. The molecule has 1 N–H and O–H groups in total. The van der Waals surface area contributed by atoms with Gasteiger partial charge in [0.25, 0.3) is 0 Å². The zero-order valence-electron chi connectivity index (χ0n) is 19.0. The summed E-state index contributed by atoms with van der Waals surface area (Å²) in [5, 5.41) is 3.25. The SMILES string of the molecule is COc1ccc(C(NC(=O)C2CCN(CCOc3ccccc3)CC2)c2ccccn2)cc1. The Morgan fingerprint density at radius 3 is 2.39 bits per heavy atom. The molecule has 1 aromatic heterocycles. The molecular weight excluding hydrogens is 414 g/mol. The summed E-state index contributed by atoms with van der Waals surface area (Å²) < 4.78 is 11.1. The predicted molar refractivity (Wildman–Crippen MR) is 128 cm³/mol. The summed E-state index contributed by atoms with van der Waals surface area (Å²) in [4.78, 5) is 20.0. The van der Waals surface area contributed by atoms with Crippen LogP contribution in [0.3, 0.4) is 0 Å². The van der Waals surface area contributed by atoms with Gasteiger partial charge >= 0.3 is 0 Å². The molecule has 1 saturated heterocycles. The summed E-state index contributed by atoms with van der Waals surface area (Å²) in [6.07, 6.45) is 3.44. The predicted octanol–water partition coefficient (Wildman–Crippen LogP) is 4.09. The van der Waals surface area contributed by atoms with Gasteiger partial charge in [0, 0.05) is 18.7 Å². The third-order valence-electron chi connectivity index (χ3n) is 6.10. The van der Waals surface area contributed by atoms with E-state index in [1.807, 2.05) is 72.8 Å². The van der Waals surface area contributed by atoms with Gasteiger partial charge in [0.2, 0.25) is 5.91 Å². The number of aromatic nitrogens is 1. The van der Waals surface area contributed by atoms with Crippen LogP contribution in [0.4, 0.5) is 0 Å². The molecule has 1 amide bonds. The van der Waals surface area contributed by atoms with Crippen molar-refractivity contribution in [1.29, 1.82) is 0 Å². The number of pyridine rings is 1. The average molecular weight is 446 g/mol. The third-order valence-corrected chi connectivity index (χ3v) is 6.10. The Morgan fingerprint density at radius 2 is 1.73 bits per heavy atom. The van der Waals surface area contributed by atoms with Gasteiger partial charge in [-0.3, -0.25) is 14.7 Å². The van der Waals surface area contributed by atoms with Crippen molar-refractivity contribution in [2.24, 2.45) is 5.92 Å². The Kier molecular flexibility index (Phi) is 7.93. The van der Waals surface area contributed by atoms with Crippen LogP contribution in [0.25, 0.3) is 0 Å². The van der Waals surface area contributed by atoms with Gasteiger partial charge in [0.1, 0.15) is 18.1 Å². The molecule has 4 rings (SSSR count). The number of benzene rings is 2. The van der Waals surface area contributed by atoms with Crippen molar-refractivity contribution in [1.82, 2.24) is 15.2 Å². The highest BCUT2D eigenvalue weighted by Gasteiger charge is 2.27. The fourth-order valence-corrected chi connectivity index (χ4v) is 4.16. The summed E-state index contributed by atoms with van der Waals surface area (Å²) >= 11 is 0. The Labute approximate surface area is 195 Å². The molecule has 0 radical (unpaired) electrons. The highest BCUT2D eigenvalue weighted by atomic mass is 16.5. The molecule has 6 heteroatoms. The number of nitrogens with zero attached hydrogens (tertiary/aromatic N) is 2. The second-order valence-corrected chi connectivity index (χ2v) is 8.25. The second kappa shape index (κ2) is 11.5. The number of rotatable bonds is 9. The van der Waals surface area contributed by atoms with Crippen LogP contribution in [-0.2, 0) is 4.79 Å². The van der Waals surface area contributed by atoms with Gasteiger partial charge in [-0.25, -0.2) is 0 Å². The summed E-state index contributed by atoms with van der Waals surface area (Å²) in [5.74, 6) is 1.77. The maximum absolute atomic E-state index is 13.2. The van der Waals surface area contributed by atoms with Crippen LogP contribution in [0.1, 0.15) is 30.1 Å². The number of ether oxygens (including phenoxy) is 2. The number of hydrogen-bond acceptors (Lipinski definition) is 5. The van der Waals surface area contributed by atoms with Crippen molar-refractivity contribution in [2.75, 3.05) is 33.4 Å². The first-order chi connectivity index (χ1) is 16.2. The zero-order chi connectivity index (χ0) is 22.9. The van der Waals surface area contributed by atoms with E-state index in [4.69, 9.17) is 9.47 Å². The number of nitrogens with one attached hydrogen (secondary N) is 1. The van der Waals surface area contributed by atoms with Crippen LogP contribution in [0.15, 0.2) is 79.0 Å². The number of hydrogen-bond donors (Lipinski definition) is 1. The van der Waals surface area contributed by atoms with E-state index in [1.54, 1.807) is 13.3 Å². The molecule has 172 valence electrons. The van der Waals surface area contributed by atoms with Crippen LogP contribution in [0.2, 0.25) is 0 Å². The highest BCUT2D eigenvalue weighted by Crippen LogP contribution is 2.25. The van der Waals surface area contributed by atoms with Crippen molar-refractivity contribution >= 4 is 5.91 Å². The zero-order valence-corrected chi connectivity index (χ0v) is 19.0. The monoisotopic (exact) mass is 445 g/mol.